The van der Waals surface area contributed by atoms with Gasteiger partial charge in [-0.3, -0.25) is 4.79 Å². The molecule has 0 heterocycles. The lowest BCUT2D eigenvalue weighted by Gasteiger charge is -2.08. The molecular formula is C20H32O6. The smallest absolute Gasteiger partial charge is 0.159 e. The fraction of sp³-hybridized carbons (Fsp3) is 0.650. The Hall–Kier alpha value is -1.31. The predicted octanol–water partition coefficient (Wildman–Crippen LogP) is 2.88. The molecule has 1 aromatic rings. The Morgan fingerprint density at radius 1 is 0.692 bits per heavy atom. The van der Waals surface area contributed by atoms with Crippen molar-refractivity contribution in [1.29, 1.82) is 0 Å². The number of ketones is 1. The second-order valence-electron chi connectivity index (χ2n) is 5.76. The first kappa shape index (κ1) is 22.7. The van der Waals surface area contributed by atoms with E-state index >= 15 is 0 Å². The molecule has 0 spiro atoms. The molecule has 0 unspecified atom stereocenters. The Balaban J connectivity index is 1.83. The van der Waals surface area contributed by atoms with E-state index in [0.717, 1.165) is 18.6 Å². The molecular weight excluding hydrogens is 336 g/mol. The molecule has 148 valence electrons. The third-order valence-electron chi connectivity index (χ3n) is 3.47. The van der Waals surface area contributed by atoms with Crippen molar-refractivity contribution < 1.29 is 28.5 Å². The van der Waals surface area contributed by atoms with Crippen molar-refractivity contribution in [3.63, 3.8) is 0 Å². The Morgan fingerprint density at radius 3 is 1.54 bits per heavy atom. The lowest BCUT2D eigenvalue weighted by atomic mass is 10.1. The molecule has 1 rings (SSSR count). The molecule has 0 aliphatic carbocycles. The second kappa shape index (κ2) is 15.9. The van der Waals surface area contributed by atoms with Gasteiger partial charge >= 0.3 is 0 Å². The highest BCUT2D eigenvalue weighted by molar-refractivity contribution is 5.93. The summed E-state index contributed by atoms with van der Waals surface area (Å²) in [5.41, 5.74) is 1.76. The van der Waals surface area contributed by atoms with Gasteiger partial charge in [-0.1, -0.05) is 31.2 Å². The van der Waals surface area contributed by atoms with E-state index in [1.807, 2.05) is 24.3 Å². The standard InChI is InChI=1S/C20H32O6/c1-3-8-22-9-10-23-11-12-24-13-14-25-15-16-26-17-19-4-6-20(7-5-19)18(2)21/h4-7H,3,8-17H2,1-2H3. The number of carbonyl (C=O) groups is 1. The summed E-state index contributed by atoms with van der Waals surface area (Å²) in [6.45, 7) is 9.44. The van der Waals surface area contributed by atoms with Crippen molar-refractivity contribution in [3.05, 3.63) is 35.4 Å². The van der Waals surface area contributed by atoms with Gasteiger partial charge in [0, 0.05) is 12.2 Å². The number of carbonyl (C=O) groups excluding carboxylic acids is 1. The molecule has 1 aromatic carbocycles. The van der Waals surface area contributed by atoms with Crippen molar-refractivity contribution in [1.82, 2.24) is 0 Å². The number of hydrogen-bond acceptors (Lipinski definition) is 6. The van der Waals surface area contributed by atoms with E-state index in [1.165, 1.54) is 0 Å². The van der Waals surface area contributed by atoms with Crippen LogP contribution in [0.5, 0.6) is 0 Å². The molecule has 0 amide bonds. The van der Waals surface area contributed by atoms with Gasteiger partial charge in [0.15, 0.2) is 5.78 Å². The third-order valence-corrected chi connectivity index (χ3v) is 3.47. The first-order valence-electron chi connectivity index (χ1n) is 9.22. The highest BCUT2D eigenvalue weighted by Crippen LogP contribution is 2.06. The maximum atomic E-state index is 11.2. The van der Waals surface area contributed by atoms with Crippen LogP contribution in [-0.2, 0) is 30.3 Å². The van der Waals surface area contributed by atoms with Gasteiger partial charge in [-0.25, -0.2) is 0 Å². The first-order valence-corrected chi connectivity index (χ1v) is 9.22. The summed E-state index contributed by atoms with van der Waals surface area (Å²) in [7, 11) is 0. The van der Waals surface area contributed by atoms with Crippen LogP contribution in [0.4, 0.5) is 0 Å². The summed E-state index contributed by atoms with van der Waals surface area (Å²) in [5, 5.41) is 0. The van der Waals surface area contributed by atoms with Gasteiger partial charge in [0.1, 0.15) is 0 Å². The zero-order chi connectivity index (χ0) is 18.9. The summed E-state index contributed by atoms with van der Waals surface area (Å²) in [4.78, 5) is 11.2. The zero-order valence-corrected chi connectivity index (χ0v) is 16.0. The molecule has 0 aromatic heterocycles. The molecule has 0 saturated carbocycles. The summed E-state index contributed by atoms with van der Waals surface area (Å²) in [5.74, 6) is 0.0700. The minimum absolute atomic E-state index is 0.0700. The van der Waals surface area contributed by atoms with Crippen molar-refractivity contribution in [3.8, 4) is 0 Å². The van der Waals surface area contributed by atoms with Gasteiger partial charge in [-0.05, 0) is 18.9 Å². The van der Waals surface area contributed by atoms with E-state index in [9.17, 15) is 4.79 Å². The zero-order valence-electron chi connectivity index (χ0n) is 16.0. The van der Waals surface area contributed by atoms with Gasteiger partial charge < -0.3 is 23.7 Å². The quantitative estimate of drug-likeness (QED) is 0.311. The molecule has 6 heteroatoms. The van der Waals surface area contributed by atoms with Gasteiger partial charge in [0.05, 0.1) is 59.5 Å². The summed E-state index contributed by atoms with van der Waals surface area (Å²) < 4.78 is 27.1. The Kier molecular flexibility index (Phi) is 13.9. The maximum Gasteiger partial charge on any atom is 0.159 e. The molecule has 0 saturated heterocycles. The molecule has 0 bridgehead atoms. The van der Waals surface area contributed by atoms with Crippen LogP contribution in [0.3, 0.4) is 0 Å². The number of rotatable bonds is 17. The molecule has 0 atom stereocenters. The molecule has 6 nitrogen and oxygen atoms in total. The van der Waals surface area contributed by atoms with Crippen LogP contribution < -0.4 is 0 Å². The van der Waals surface area contributed by atoms with Crippen LogP contribution >= 0.6 is 0 Å². The molecule has 0 fully saturated rings. The van der Waals surface area contributed by atoms with E-state index in [4.69, 9.17) is 23.7 Å². The van der Waals surface area contributed by atoms with E-state index < -0.39 is 0 Å². The van der Waals surface area contributed by atoms with Gasteiger partial charge in [0.2, 0.25) is 0 Å². The average molecular weight is 368 g/mol. The Labute approximate surface area is 156 Å². The summed E-state index contributed by atoms with van der Waals surface area (Å²) in [6.07, 6.45) is 1.03. The Bertz CT molecular complexity index is 460. The molecule has 0 N–H and O–H groups in total. The number of hydrogen-bond donors (Lipinski definition) is 0. The summed E-state index contributed by atoms with van der Waals surface area (Å²) >= 11 is 0. The molecule has 0 aliphatic rings. The second-order valence-corrected chi connectivity index (χ2v) is 5.76. The highest BCUT2D eigenvalue weighted by atomic mass is 16.6. The highest BCUT2D eigenvalue weighted by Gasteiger charge is 1.99. The molecule has 0 radical (unpaired) electrons. The Morgan fingerprint density at radius 2 is 1.12 bits per heavy atom. The van der Waals surface area contributed by atoms with Crippen LogP contribution in [0.2, 0.25) is 0 Å². The van der Waals surface area contributed by atoms with Gasteiger partial charge in [-0.15, -0.1) is 0 Å². The van der Waals surface area contributed by atoms with Crippen LogP contribution in [0, 0.1) is 0 Å². The van der Waals surface area contributed by atoms with E-state index in [0.29, 0.717) is 65.0 Å². The lowest BCUT2D eigenvalue weighted by Crippen LogP contribution is -2.13. The topological polar surface area (TPSA) is 63.2 Å². The van der Waals surface area contributed by atoms with Gasteiger partial charge in [-0.2, -0.15) is 0 Å². The maximum absolute atomic E-state index is 11.2. The van der Waals surface area contributed by atoms with Crippen LogP contribution in [-0.4, -0.2) is 65.2 Å². The van der Waals surface area contributed by atoms with Crippen molar-refractivity contribution in [2.75, 3.05) is 59.5 Å². The predicted molar refractivity (Wildman–Crippen MR) is 99.7 cm³/mol. The normalized spacial score (nSPS) is 11.0. The van der Waals surface area contributed by atoms with Gasteiger partial charge in [0.25, 0.3) is 0 Å². The number of benzene rings is 1. The van der Waals surface area contributed by atoms with Crippen LogP contribution in [0.1, 0.15) is 36.2 Å². The lowest BCUT2D eigenvalue weighted by molar-refractivity contribution is -0.0124. The minimum atomic E-state index is 0.0700. The molecule has 0 aliphatic heterocycles. The number of Topliss-reactive ketones (excluding diaryl/α,β-unsaturated/α-hetero) is 1. The van der Waals surface area contributed by atoms with Crippen molar-refractivity contribution >= 4 is 5.78 Å². The third kappa shape index (κ3) is 12.1. The van der Waals surface area contributed by atoms with Crippen molar-refractivity contribution in [2.24, 2.45) is 0 Å². The number of ether oxygens (including phenoxy) is 5. The first-order chi connectivity index (χ1) is 12.7. The van der Waals surface area contributed by atoms with Crippen LogP contribution in [0.15, 0.2) is 24.3 Å². The van der Waals surface area contributed by atoms with E-state index in [1.54, 1.807) is 6.92 Å². The molecule has 26 heavy (non-hydrogen) atoms. The fourth-order valence-corrected chi connectivity index (χ4v) is 2.05. The van der Waals surface area contributed by atoms with Crippen LogP contribution in [0.25, 0.3) is 0 Å². The summed E-state index contributed by atoms with van der Waals surface area (Å²) in [6, 6.07) is 7.44. The fourth-order valence-electron chi connectivity index (χ4n) is 2.05. The SMILES string of the molecule is CCCOCCOCCOCCOCCOCc1ccc(C(C)=O)cc1. The minimum Gasteiger partial charge on any atom is -0.379 e. The van der Waals surface area contributed by atoms with E-state index in [2.05, 4.69) is 6.92 Å². The van der Waals surface area contributed by atoms with E-state index in [-0.39, 0.29) is 5.78 Å². The van der Waals surface area contributed by atoms with Crippen molar-refractivity contribution in [2.45, 2.75) is 26.9 Å². The average Bonchev–Trinajstić information content (AvgIpc) is 2.65. The largest absolute Gasteiger partial charge is 0.379 e. The monoisotopic (exact) mass is 368 g/mol.